The molecule has 0 nitrogen and oxygen atoms in total. The molecule has 0 bridgehead atoms. The van der Waals surface area contributed by atoms with Crippen LogP contribution in [0.5, 0.6) is 0 Å². The average molecular weight is 158 g/mol. The molecule has 0 aliphatic carbocycles. The Balaban J connectivity index is -0.000000163. The van der Waals surface area contributed by atoms with Gasteiger partial charge >= 0.3 is 25.8 Å². The van der Waals surface area contributed by atoms with E-state index in [1.54, 1.807) is 0 Å². The van der Waals surface area contributed by atoms with E-state index in [0.29, 0.717) is 0 Å². The van der Waals surface area contributed by atoms with Crippen LogP contribution in [0.3, 0.4) is 0 Å². The molecule has 0 saturated heterocycles. The van der Waals surface area contributed by atoms with E-state index in [1.165, 1.54) is 10.6 Å². The van der Waals surface area contributed by atoms with Crippen molar-refractivity contribution in [3.63, 3.8) is 0 Å². The molecule has 1 unspecified atom stereocenters. The molecule has 0 N–H and O–H groups in total. The normalized spacial score (nSPS) is 9.25. The minimum atomic E-state index is 0. The third kappa shape index (κ3) is 2.28. The summed E-state index contributed by atoms with van der Waals surface area (Å²) in [5, 5.41) is 2.84. The molecule has 1 aromatic rings. The zero-order valence-electron chi connectivity index (χ0n) is 7.15. The van der Waals surface area contributed by atoms with Gasteiger partial charge < -0.3 is 2.85 Å². The van der Waals surface area contributed by atoms with Crippen molar-refractivity contribution in [2.45, 2.75) is 13.8 Å². The molecule has 0 aliphatic heterocycles. The Kier molecular flexibility index (Phi) is 3.93. The predicted octanol–water partition coefficient (Wildman–Crippen LogP) is 2.36. The van der Waals surface area contributed by atoms with Crippen LogP contribution in [0, 0.1) is 19.9 Å². The van der Waals surface area contributed by atoms with Gasteiger partial charge in [-0.25, -0.2) is 20.3 Å². The first kappa shape index (κ1) is 8.65. The first-order chi connectivity index (χ1) is 3.29. The molecule has 0 radical (unpaired) electrons. The standard InChI is InChI=1S/C6H8P.Sc.2H/c1-5-3-4-6(2)7-5;;;/h3,7H,1-2H3;;;/q-1;+3;2*-1. The minimum Gasteiger partial charge on any atom is -1.00 e. The Morgan fingerprint density at radius 1 is 1.62 bits per heavy atom. The van der Waals surface area contributed by atoms with Gasteiger partial charge in [-0.05, 0) is 0 Å². The molecule has 0 fully saturated rings. The molecule has 42 valence electrons. The van der Waals surface area contributed by atoms with Crippen molar-refractivity contribution in [3.05, 3.63) is 22.7 Å². The van der Waals surface area contributed by atoms with Gasteiger partial charge in [0.2, 0.25) is 0 Å². The van der Waals surface area contributed by atoms with Crippen LogP contribution in [-0.2, 0) is 25.8 Å². The summed E-state index contributed by atoms with van der Waals surface area (Å²) < 4.78 is 0. The molecular weight excluding hydrogens is 148 g/mol. The Morgan fingerprint density at radius 2 is 2.25 bits per heavy atom. The van der Waals surface area contributed by atoms with Crippen LogP contribution in [-0.4, -0.2) is 0 Å². The van der Waals surface area contributed by atoms with Crippen molar-refractivity contribution in [2.75, 3.05) is 0 Å². The molecule has 0 aliphatic rings. The van der Waals surface area contributed by atoms with Crippen LogP contribution in [0.25, 0.3) is 0 Å². The van der Waals surface area contributed by atoms with Gasteiger partial charge in [-0.2, -0.15) is 5.30 Å². The Bertz CT molecular complexity index is 148. The topological polar surface area (TPSA) is 0 Å². The second-order valence-corrected chi connectivity index (χ2v) is 3.51. The summed E-state index contributed by atoms with van der Waals surface area (Å²) >= 11 is 0. The van der Waals surface area contributed by atoms with Gasteiger partial charge in [-0.1, -0.05) is 6.92 Å². The first-order valence-corrected chi connectivity index (χ1v) is 3.33. The van der Waals surface area contributed by atoms with Gasteiger partial charge in [0.15, 0.2) is 0 Å². The number of hydrogen-bond donors (Lipinski definition) is 0. The van der Waals surface area contributed by atoms with Crippen molar-refractivity contribution >= 4 is 8.19 Å². The van der Waals surface area contributed by atoms with Crippen LogP contribution in [0.15, 0.2) is 6.07 Å². The Labute approximate surface area is 73.5 Å². The number of hydrogen-bond acceptors (Lipinski definition) is 0. The van der Waals surface area contributed by atoms with Crippen LogP contribution < -0.4 is 0 Å². The Hall–Kier alpha value is 0.650. The summed E-state index contributed by atoms with van der Waals surface area (Å²) in [4.78, 5) is 0. The number of aryl methyl sites for hydroxylation is 2. The van der Waals surface area contributed by atoms with E-state index in [1.807, 2.05) is 0 Å². The van der Waals surface area contributed by atoms with E-state index in [0.717, 1.165) is 8.19 Å². The smallest absolute Gasteiger partial charge is 1.00 e. The summed E-state index contributed by atoms with van der Waals surface area (Å²) in [6.07, 6.45) is 0. The van der Waals surface area contributed by atoms with E-state index < -0.39 is 0 Å². The molecule has 0 amide bonds. The minimum absolute atomic E-state index is 0. The average Bonchev–Trinajstić information content (AvgIpc) is 1.87. The van der Waals surface area contributed by atoms with E-state index >= 15 is 0 Å². The molecular formula is C6H10PSc. The molecule has 0 spiro atoms. The zero-order chi connectivity index (χ0) is 5.28. The van der Waals surface area contributed by atoms with Gasteiger partial charge in [0.25, 0.3) is 0 Å². The van der Waals surface area contributed by atoms with Crippen molar-refractivity contribution in [1.29, 1.82) is 0 Å². The summed E-state index contributed by atoms with van der Waals surface area (Å²) in [7, 11) is 0.923. The third-order valence-corrected chi connectivity index (χ3v) is 1.95. The molecule has 0 saturated carbocycles. The van der Waals surface area contributed by atoms with Crippen molar-refractivity contribution < 1.29 is 28.7 Å². The van der Waals surface area contributed by atoms with E-state index in [-0.39, 0.29) is 28.7 Å². The summed E-state index contributed by atoms with van der Waals surface area (Å²) in [5.41, 5.74) is 0. The van der Waals surface area contributed by atoms with Crippen molar-refractivity contribution in [1.82, 2.24) is 0 Å². The summed E-state index contributed by atoms with van der Waals surface area (Å²) in [5.74, 6) is 0. The molecule has 2 heteroatoms. The van der Waals surface area contributed by atoms with E-state index in [4.69, 9.17) is 0 Å². The number of rotatable bonds is 0. The molecule has 8 heavy (non-hydrogen) atoms. The molecule has 0 aromatic carbocycles. The quantitative estimate of drug-likeness (QED) is 0.508. The molecule has 1 atom stereocenters. The fourth-order valence-electron chi connectivity index (χ4n) is 0.584. The van der Waals surface area contributed by atoms with Crippen LogP contribution in [0.2, 0.25) is 0 Å². The van der Waals surface area contributed by atoms with Gasteiger partial charge in [0.05, 0.1) is 0 Å². The van der Waals surface area contributed by atoms with Gasteiger partial charge in [0.1, 0.15) is 0 Å². The Morgan fingerprint density at radius 3 is 2.38 bits per heavy atom. The molecule has 1 heterocycles. The summed E-state index contributed by atoms with van der Waals surface area (Å²) in [6.45, 7) is 4.26. The fraction of sp³-hybridized carbons (Fsp3) is 0.333. The second-order valence-electron chi connectivity index (χ2n) is 1.72. The van der Waals surface area contributed by atoms with E-state index in [9.17, 15) is 0 Å². The fourth-order valence-corrected chi connectivity index (χ4v) is 1.46. The zero-order valence-corrected chi connectivity index (χ0v) is 7.96. The van der Waals surface area contributed by atoms with Crippen molar-refractivity contribution in [3.8, 4) is 0 Å². The third-order valence-electron chi connectivity index (χ3n) is 0.890. The summed E-state index contributed by atoms with van der Waals surface area (Å²) in [6, 6.07) is 5.20. The second kappa shape index (κ2) is 3.63. The maximum Gasteiger partial charge on any atom is 3.00 e. The molecule has 1 aromatic heterocycles. The van der Waals surface area contributed by atoms with E-state index in [2.05, 4.69) is 26.0 Å². The van der Waals surface area contributed by atoms with Crippen LogP contribution >= 0.6 is 8.19 Å². The van der Waals surface area contributed by atoms with Gasteiger partial charge in [0, 0.05) is 0 Å². The van der Waals surface area contributed by atoms with Gasteiger partial charge in [-0.3, -0.25) is 0 Å². The molecule has 1 rings (SSSR count). The maximum absolute atomic E-state index is 3.14. The SMILES string of the molecule is Cc1[c-]cc(C)[pH]1.[H-].[H-].[Sc+3]. The van der Waals surface area contributed by atoms with Gasteiger partial charge in [-0.15, -0.1) is 12.2 Å². The van der Waals surface area contributed by atoms with Crippen LogP contribution in [0.4, 0.5) is 0 Å². The van der Waals surface area contributed by atoms with Crippen molar-refractivity contribution in [2.24, 2.45) is 0 Å². The largest absolute Gasteiger partial charge is 3.00 e. The first-order valence-electron chi connectivity index (χ1n) is 2.33. The predicted molar refractivity (Wildman–Crippen MR) is 36.5 cm³/mol. The maximum atomic E-state index is 3.14. The monoisotopic (exact) mass is 158 g/mol. The van der Waals surface area contributed by atoms with Crippen LogP contribution in [0.1, 0.15) is 13.4 Å².